The largest absolute Gasteiger partial charge is 0.493 e. The molecule has 0 radical (unpaired) electrons. The predicted octanol–water partition coefficient (Wildman–Crippen LogP) is 6.02. The Morgan fingerprint density at radius 1 is 1.05 bits per heavy atom. The molecule has 9 heteroatoms. The van der Waals surface area contributed by atoms with E-state index in [4.69, 9.17) is 31.2 Å². The third-order valence-electron chi connectivity index (χ3n) is 6.13. The van der Waals surface area contributed by atoms with Crippen molar-refractivity contribution >= 4 is 44.9 Å². The normalized spacial score (nSPS) is 14.4. The van der Waals surface area contributed by atoms with Gasteiger partial charge >= 0.3 is 5.97 Å². The summed E-state index contributed by atoms with van der Waals surface area (Å²) < 4.78 is 23.4. The van der Waals surface area contributed by atoms with Crippen LogP contribution in [-0.4, -0.2) is 50.0 Å². The van der Waals surface area contributed by atoms with Gasteiger partial charge in [0, 0.05) is 16.7 Å². The Bertz CT molecular complexity index is 1250. The number of nitrogens with one attached hydrogen (secondary N) is 1. The number of carbonyl (C=O) groups excluding carboxylic acids is 1. The van der Waals surface area contributed by atoms with E-state index in [0.717, 1.165) is 27.7 Å². The number of ether oxygens (including phenoxy) is 4. The van der Waals surface area contributed by atoms with Crippen LogP contribution in [0.4, 0.5) is 5.69 Å². The van der Waals surface area contributed by atoms with Crippen molar-refractivity contribution in [3.05, 3.63) is 81.8 Å². The fourth-order valence-electron chi connectivity index (χ4n) is 4.26. The van der Waals surface area contributed by atoms with Gasteiger partial charge in [-0.3, -0.25) is 0 Å². The summed E-state index contributed by atoms with van der Waals surface area (Å²) in [6, 6.07) is 18.7. The van der Waals surface area contributed by atoms with Gasteiger partial charge in [0.15, 0.2) is 16.6 Å². The lowest BCUT2D eigenvalue weighted by molar-refractivity contribution is 0.0526. The van der Waals surface area contributed by atoms with Crippen LogP contribution in [-0.2, 0) is 11.2 Å². The fourth-order valence-corrected chi connectivity index (χ4v) is 4.86. The number of hydrogen-bond acceptors (Lipinski definition) is 6. The molecule has 1 heterocycles. The van der Waals surface area contributed by atoms with Crippen molar-refractivity contribution in [1.82, 2.24) is 4.90 Å². The Morgan fingerprint density at radius 2 is 1.73 bits per heavy atom. The van der Waals surface area contributed by atoms with E-state index in [1.807, 2.05) is 36.4 Å². The van der Waals surface area contributed by atoms with E-state index < -0.39 is 0 Å². The fraction of sp³-hybridized carbons (Fsp3) is 0.286. The maximum absolute atomic E-state index is 12.0. The Labute approximate surface area is 230 Å². The number of hydrogen-bond donors (Lipinski definition) is 1. The molecule has 0 saturated heterocycles. The van der Waals surface area contributed by atoms with Gasteiger partial charge in [0.25, 0.3) is 0 Å². The summed E-state index contributed by atoms with van der Waals surface area (Å²) in [6.45, 7) is 3.16. The first-order chi connectivity index (χ1) is 17.9. The highest BCUT2D eigenvalue weighted by molar-refractivity contribution is 9.10. The minimum absolute atomic E-state index is 0.177. The van der Waals surface area contributed by atoms with Gasteiger partial charge in [-0.25, -0.2) is 4.79 Å². The number of esters is 1. The number of methoxy groups -OCH3 is 2. The van der Waals surface area contributed by atoms with Crippen LogP contribution in [0.2, 0.25) is 0 Å². The number of carbonyl (C=O) groups is 1. The molecule has 7 nitrogen and oxygen atoms in total. The molecule has 1 unspecified atom stereocenters. The maximum Gasteiger partial charge on any atom is 0.338 e. The summed E-state index contributed by atoms with van der Waals surface area (Å²) in [5, 5.41) is 3.96. The third kappa shape index (κ3) is 6.34. The molecule has 1 atom stereocenters. The summed E-state index contributed by atoms with van der Waals surface area (Å²) >= 11 is 9.32. The van der Waals surface area contributed by atoms with E-state index in [9.17, 15) is 4.79 Å². The van der Waals surface area contributed by atoms with Crippen molar-refractivity contribution in [3.63, 3.8) is 0 Å². The number of anilines is 1. The smallest absolute Gasteiger partial charge is 0.338 e. The highest BCUT2D eigenvalue weighted by Crippen LogP contribution is 2.38. The van der Waals surface area contributed by atoms with Crippen molar-refractivity contribution in [2.75, 3.05) is 39.3 Å². The Morgan fingerprint density at radius 3 is 2.38 bits per heavy atom. The van der Waals surface area contributed by atoms with Crippen LogP contribution in [0.3, 0.4) is 0 Å². The Kier molecular flexibility index (Phi) is 8.89. The minimum atomic E-state index is -0.355. The van der Waals surface area contributed by atoms with Crippen molar-refractivity contribution in [1.29, 1.82) is 0 Å². The summed E-state index contributed by atoms with van der Waals surface area (Å²) in [5.41, 5.74) is 3.61. The zero-order valence-electron chi connectivity index (χ0n) is 21.0. The van der Waals surface area contributed by atoms with Gasteiger partial charge < -0.3 is 29.2 Å². The van der Waals surface area contributed by atoms with Gasteiger partial charge in [-0.15, -0.1) is 0 Å². The average molecular weight is 586 g/mol. The van der Waals surface area contributed by atoms with Crippen LogP contribution >= 0.6 is 28.1 Å². The molecule has 3 aromatic rings. The molecule has 0 fully saturated rings. The topological polar surface area (TPSA) is 69.3 Å². The highest BCUT2D eigenvalue weighted by atomic mass is 79.9. The molecule has 37 heavy (non-hydrogen) atoms. The molecule has 0 saturated carbocycles. The third-order valence-corrected chi connectivity index (χ3v) is 7.00. The molecule has 1 aliphatic heterocycles. The van der Waals surface area contributed by atoms with E-state index in [1.54, 1.807) is 45.4 Å². The number of fused-ring (bicyclic) bond motifs is 1. The number of halogens is 1. The summed E-state index contributed by atoms with van der Waals surface area (Å²) in [5.74, 6) is 1.64. The second-order valence-corrected chi connectivity index (χ2v) is 9.66. The summed E-state index contributed by atoms with van der Waals surface area (Å²) in [7, 11) is 3.26. The first-order valence-electron chi connectivity index (χ1n) is 11.9. The molecule has 0 bridgehead atoms. The molecule has 3 aromatic carbocycles. The van der Waals surface area contributed by atoms with Crippen LogP contribution in [0.5, 0.6) is 17.2 Å². The van der Waals surface area contributed by atoms with E-state index in [0.29, 0.717) is 47.7 Å². The first kappa shape index (κ1) is 26.8. The molecule has 194 valence electrons. The van der Waals surface area contributed by atoms with Gasteiger partial charge in [-0.05, 0) is 97.4 Å². The zero-order chi connectivity index (χ0) is 26.4. The molecule has 0 aromatic heterocycles. The standard InChI is InChI=1S/C28H29BrN2O5S/c1-4-35-27(32)18-5-11-22(12-6-18)36-17-24-23-16-26(34-3)25(33-2)15-19(23)13-14-31(24)28(37)30-21-9-7-20(29)8-10-21/h5-12,15-16,24H,4,13-14,17H2,1-3H3,(H,30,37). The molecule has 4 rings (SSSR count). The van der Waals surface area contributed by atoms with Crippen molar-refractivity contribution in [3.8, 4) is 17.2 Å². The lowest BCUT2D eigenvalue weighted by atomic mass is 9.92. The van der Waals surface area contributed by atoms with E-state index >= 15 is 0 Å². The van der Waals surface area contributed by atoms with E-state index in [2.05, 4.69) is 26.1 Å². The van der Waals surface area contributed by atoms with Crippen LogP contribution in [0, 0.1) is 0 Å². The molecule has 0 aliphatic carbocycles. The number of nitrogens with zero attached hydrogens (tertiary/aromatic N) is 1. The van der Waals surface area contributed by atoms with Crippen LogP contribution < -0.4 is 19.5 Å². The van der Waals surface area contributed by atoms with Crippen molar-refractivity contribution < 1.29 is 23.7 Å². The van der Waals surface area contributed by atoms with Crippen LogP contribution in [0.15, 0.2) is 65.1 Å². The molecule has 0 spiro atoms. The molecule has 0 amide bonds. The lowest BCUT2D eigenvalue weighted by Gasteiger charge is -2.39. The summed E-state index contributed by atoms with van der Waals surface area (Å²) in [6.07, 6.45) is 0.794. The van der Waals surface area contributed by atoms with Gasteiger partial charge in [0.1, 0.15) is 12.4 Å². The SMILES string of the molecule is CCOC(=O)c1ccc(OCC2c3cc(OC)c(OC)cc3CCN2C(=S)Nc2ccc(Br)cc2)cc1. The van der Waals surface area contributed by atoms with Gasteiger partial charge in [0.2, 0.25) is 0 Å². The van der Waals surface area contributed by atoms with E-state index in [-0.39, 0.29) is 12.0 Å². The zero-order valence-corrected chi connectivity index (χ0v) is 23.4. The van der Waals surface area contributed by atoms with Gasteiger partial charge in [0.05, 0.1) is 32.4 Å². The molecule has 1 aliphatic rings. The van der Waals surface area contributed by atoms with Gasteiger partial charge in [-0.2, -0.15) is 0 Å². The monoisotopic (exact) mass is 584 g/mol. The summed E-state index contributed by atoms with van der Waals surface area (Å²) in [4.78, 5) is 14.1. The quantitative estimate of drug-likeness (QED) is 0.255. The van der Waals surface area contributed by atoms with E-state index in [1.165, 1.54) is 0 Å². The second kappa shape index (κ2) is 12.3. The van der Waals surface area contributed by atoms with Crippen molar-refractivity contribution in [2.45, 2.75) is 19.4 Å². The molecule has 1 N–H and O–H groups in total. The van der Waals surface area contributed by atoms with Crippen molar-refractivity contribution in [2.24, 2.45) is 0 Å². The Hall–Kier alpha value is -3.30. The molecular weight excluding hydrogens is 556 g/mol. The second-order valence-electron chi connectivity index (χ2n) is 8.36. The minimum Gasteiger partial charge on any atom is -0.493 e. The average Bonchev–Trinajstić information content (AvgIpc) is 2.92. The van der Waals surface area contributed by atoms with Crippen LogP contribution in [0.25, 0.3) is 0 Å². The number of thiocarbonyl (C=S) groups is 1. The number of rotatable bonds is 8. The molecular formula is C28H29BrN2O5S. The Balaban J connectivity index is 1.59. The van der Waals surface area contributed by atoms with Crippen LogP contribution in [0.1, 0.15) is 34.5 Å². The number of benzene rings is 3. The highest BCUT2D eigenvalue weighted by Gasteiger charge is 2.31. The lowest BCUT2D eigenvalue weighted by Crippen LogP contribution is -2.44. The maximum atomic E-state index is 12.0. The van der Waals surface area contributed by atoms with Gasteiger partial charge in [-0.1, -0.05) is 15.9 Å². The first-order valence-corrected chi connectivity index (χ1v) is 13.1. The predicted molar refractivity (Wildman–Crippen MR) is 151 cm³/mol.